The number of guanidine groups is 1. The molecule has 2 aliphatic rings. The number of hydrogen-bond donors (Lipinski definition) is 2. The standard InChI is InChI=1S/C25H38N4O5/c1-33-24(32)17-28-16-19-11-12-21(15-22(19)27-25(28)26)34-18-23(31)29(13-7-2-3-8-14-30)20-9-5-4-6-10-20/h11-12,15,20,30H,2-10,13-14,16-18H2,1H3,(H2,26,27). The van der Waals surface area contributed by atoms with Crippen LogP contribution in [0.4, 0.5) is 5.69 Å². The van der Waals surface area contributed by atoms with Gasteiger partial charge in [0.15, 0.2) is 12.6 Å². The van der Waals surface area contributed by atoms with Crippen LogP contribution in [0.1, 0.15) is 63.4 Å². The second-order valence-electron chi connectivity index (χ2n) is 9.00. The number of benzene rings is 1. The van der Waals surface area contributed by atoms with Crippen molar-refractivity contribution in [2.45, 2.75) is 70.4 Å². The molecule has 1 amide bonds. The zero-order chi connectivity index (χ0) is 24.3. The van der Waals surface area contributed by atoms with Gasteiger partial charge in [0.1, 0.15) is 12.3 Å². The smallest absolute Gasteiger partial charge is 0.325 e. The average Bonchev–Trinajstić information content (AvgIpc) is 2.85. The second-order valence-corrected chi connectivity index (χ2v) is 9.00. The van der Waals surface area contributed by atoms with Crippen molar-refractivity contribution in [3.63, 3.8) is 0 Å². The van der Waals surface area contributed by atoms with E-state index in [2.05, 4.69) is 4.99 Å². The minimum atomic E-state index is -0.379. The van der Waals surface area contributed by atoms with E-state index in [4.69, 9.17) is 20.3 Å². The fourth-order valence-electron chi connectivity index (χ4n) is 4.59. The molecule has 3 rings (SSSR count). The number of aliphatic imine (C=N–C) groups is 1. The van der Waals surface area contributed by atoms with Gasteiger partial charge < -0.3 is 30.1 Å². The summed E-state index contributed by atoms with van der Waals surface area (Å²) in [7, 11) is 1.34. The molecule has 9 nitrogen and oxygen atoms in total. The maximum Gasteiger partial charge on any atom is 0.325 e. The summed E-state index contributed by atoms with van der Waals surface area (Å²) in [5, 5.41) is 8.97. The molecule has 1 aromatic rings. The Balaban J connectivity index is 1.58. The number of amides is 1. The Kier molecular flexibility index (Phi) is 10.00. The number of carbonyl (C=O) groups is 2. The molecule has 0 bridgehead atoms. The van der Waals surface area contributed by atoms with Gasteiger partial charge in [-0.25, -0.2) is 4.99 Å². The second kappa shape index (κ2) is 13.2. The summed E-state index contributed by atoms with van der Waals surface area (Å²) in [4.78, 5) is 32.8. The fourth-order valence-corrected chi connectivity index (χ4v) is 4.59. The molecule has 0 unspecified atom stereocenters. The van der Waals surface area contributed by atoms with Crippen molar-refractivity contribution in [1.82, 2.24) is 9.80 Å². The van der Waals surface area contributed by atoms with E-state index < -0.39 is 0 Å². The predicted octanol–water partition coefficient (Wildman–Crippen LogP) is 2.71. The normalized spacial score (nSPS) is 15.9. The molecule has 0 radical (unpaired) electrons. The van der Waals surface area contributed by atoms with Crippen LogP contribution in [0.15, 0.2) is 23.2 Å². The summed E-state index contributed by atoms with van der Waals surface area (Å²) in [6, 6.07) is 5.77. The van der Waals surface area contributed by atoms with Gasteiger partial charge in [-0.1, -0.05) is 38.2 Å². The third kappa shape index (κ3) is 7.35. The molecule has 188 valence electrons. The number of nitrogens with two attached hydrogens (primary N) is 1. The Morgan fingerprint density at radius 2 is 1.94 bits per heavy atom. The summed E-state index contributed by atoms with van der Waals surface area (Å²) in [5.74, 6) is 0.447. The number of aliphatic hydroxyl groups excluding tert-OH is 1. The highest BCUT2D eigenvalue weighted by atomic mass is 16.5. The molecule has 3 N–H and O–H groups in total. The Bertz CT molecular complexity index is 854. The number of fused-ring (bicyclic) bond motifs is 1. The maximum atomic E-state index is 13.1. The molecule has 9 heteroatoms. The van der Waals surface area contributed by atoms with E-state index in [0.29, 0.717) is 18.0 Å². The molecule has 0 atom stereocenters. The molecule has 1 aliphatic carbocycles. The monoisotopic (exact) mass is 474 g/mol. The molecule has 0 saturated heterocycles. The Hall–Kier alpha value is -2.81. The van der Waals surface area contributed by atoms with E-state index in [1.165, 1.54) is 13.5 Å². The van der Waals surface area contributed by atoms with Crippen LogP contribution in [0, 0.1) is 0 Å². The third-order valence-corrected chi connectivity index (χ3v) is 6.53. The predicted molar refractivity (Wildman–Crippen MR) is 130 cm³/mol. The highest BCUT2D eigenvalue weighted by Crippen LogP contribution is 2.30. The number of aliphatic hydroxyl groups is 1. The SMILES string of the molecule is COC(=O)CN1Cc2ccc(OCC(=O)N(CCCCCCO)C3CCCCC3)cc2N=C1N. The maximum absolute atomic E-state index is 13.1. The number of nitrogens with zero attached hydrogens (tertiary/aromatic N) is 3. The van der Waals surface area contributed by atoms with Crippen molar-refractivity contribution >= 4 is 23.5 Å². The van der Waals surface area contributed by atoms with Crippen molar-refractivity contribution in [3.05, 3.63) is 23.8 Å². The number of ether oxygens (including phenoxy) is 2. The van der Waals surface area contributed by atoms with E-state index >= 15 is 0 Å². The zero-order valence-electron chi connectivity index (χ0n) is 20.2. The van der Waals surface area contributed by atoms with Crippen molar-refractivity contribution in [2.75, 3.05) is 33.4 Å². The first-order valence-electron chi connectivity index (χ1n) is 12.3. The van der Waals surface area contributed by atoms with E-state index in [0.717, 1.165) is 63.5 Å². The quantitative estimate of drug-likeness (QED) is 0.353. The largest absolute Gasteiger partial charge is 0.484 e. The van der Waals surface area contributed by atoms with Crippen LogP contribution in [0.5, 0.6) is 5.75 Å². The molecule has 1 aliphatic heterocycles. The van der Waals surface area contributed by atoms with Crippen LogP contribution in [-0.2, 0) is 20.9 Å². The van der Waals surface area contributed by atoms with E-state index in [-0.39, 0.29) is 43.6 Å². The van der Waals surface area contributed by atoms with Gasteiger partial charge >= 0.3 is 5.97 Å². The lowest BCUT2D eigenvalue weighted by atomic mass is 9.94. The average molecular weight is 475 g/mol. The molecule has 1 aromatic carbocycles. The Labute approximate surface area is 201 Å². The van der Waals surface area contributed by atoms with Crippen molar-refractivity contribution in [2.24, 2.45) is 10.7 Å². The lowest BCUT2D eigenvalue weighted by molar-refractivity contribution is -0.141. The highest BCUT2D eigenvalue weighted by molar-refractivity contribution is 5.87. The lowest BCUT2D eigenvalue weighted by Crippen LogP contribution is -2.44. The summed E-state index contributed by atoms with van der Waals surface area (Å²) in [6.07, 6.45) is 9.41. The fraction of sp³-hybridized carbons (Fsp3) is 0.640. The van der Waals surface area contributed by atoms with Gasteiger partial charge in [-0.05, 0) is 37.3 Å². The third-order valence-electron chi connectivity index (χ3n) is 6.53. The van der Waals surface area contributed by atoms with Gasteiger partial charge in [-0.2, -0.15) is 0 Å². The number of esters is 1. The van der Waals surface area contributed by atoms with Crippen LogP contribution >= 0.6 is 0 Å². The minimum Gasteiger partial charge on any atom is -0.484 e. The van der Waals surface area contributed by atoms with Crippen LogP contribution in [0.2, 0.25) is 0 Å². The molecule has 34 heavy (non-hydrogen) atoms. The van der Waals surface area contributed by atoms with Gasteiger partial charge in [0, 0.05) is 31.8 Å². The van der Waals surface area contributed by atoms with Crippen LogP contribution in [-0.4, -0.2) is 72.2 Å². The highest BCUT2D eigenvalue weighted by Gasteiger charge is 2.26. The van der Waals surface area contributed by atoms with Crippen LogP contribution in [0.3, 0.4) is 0 Å². The Morgan fingerprint density at radius 1 is 1.18 bits per heavy atom. The number of unbranched alkanes of at least 4 members (excludes halogenated alkanes) is 3. The summed E-state index contributed by atoms with van der Waals surface area (Å²) in [5.41, 5.74) is 7.62. The summed E-state index contributed by atoms with van der Waals surface area (Å²) < 4.78 is 10.6. The summed E-state index contributed by atoms with van der Waals surface area (Å²) in [6.45, 7) is 1.43. The van der Waals surface area contributed by atoms with Crippen molar-refractivity contribution in [1.29, 1.82) is 0 Å². The number of hydrogen-bond acceptors (Lipinski definition) is 8. The number of methoxy groups -OCH3 is 1. The first-order chi connectivity index (χ1) is 16.5. The van der Waals surface area contributed by atoms with E-state index in [9.17, 15) is 9.59 Å². The van der Waals surface area contributed by atoms with Gasteiger partial charge in [0.05, 0.1) is 12.8 Å². The van der Waals surface area contributed by atoms with E-state index in [1.807, 2.05) is 17.0 Å². The van der Waals surface area contributed by atoms with Gasteiger partial charge in [-0.15, -0.1) is 0 Å². The molecule has 0 aromatic heterocycles. The Morgan fingerprint density at radius 3 is 2.68 bits per heavy atom. The van der Waals surface area contributed by atoms with E-state index in [1.54, 1.807) is 11.0 Å². The first kappa shape index (κ1) is 25.8. The van der Waals surface area contributed by atoms with Gasteiger partial charge in [0.25, 0.3) is 5.91 Å². The number of rotatable bonds is 12. The molecule has 1 fully saturated rings. The van der Waals surface area contributed by atoms with Crippen molar-refractivity contribution in [3.8, 4) is 5.75 Å². The lowest BCUT2D eigenvalue weighted by Gasteiger charge is -2.34. The zero-order valence-corrected chi connectivity index (χ0v) is 20.2. The molecule has 1 saturated carbocycles. The molecular formula is C25H38N4O5. The van der Waals surface area contributed by atoms with Gasteiger partial charge in [0.2, 0.25) is 0 Å². The van der Waals surface area contributed by atoms with Crippen molar-refractivity contribution < 1.29 is 24.2 Å². The van der Waals surface area contributed by atoms with Crippen LogP contribution in [0.25, 0.3) is 0 Å². The summed E-state index contributed by atoms with van der Waals surface area (Å²) >= 11 is 0. The molecule has 0 spiro atoms. The molecule has 1 heterocycles. The van der Waals surface area contributed by atoms with Crippen LogP contribution < -0.4 is 10.5 Å². The number of carbonyl (C=O) groups excluding carboxylic acids is 2. The first-order valence-corrected chi connectivity index (χ1v) is 12.3. The topological polar surface area (TPSA) is 118 Å². The van der Waals surface area contributed by atoms with Gasteiger partial charge in [-0.3, -0.25) is 9.59 Å². The molecular weight excluding hydrogens is 436 g/mol. The minimum absolute atomic E-state index is 0.0130.